The van der Waals surface area contributed by atoms with Crippen LogP contribution in [0.4, 0.5) is 0 Å². The lowest BCUT2D eigenvalue weighted by atomic mass is 10.1. The second kappa shape index (κ2) is 7.75. The molecule has 2 nitrogen and oxygen atoms in total. The first kappa shape index (κ1) is 15.5. The molecule has 1 saturated carbocycles. The van der Waals surface area contributed by atoms with E-state index in [9.17, 15) is 0 Å². The molecule has 0 spiro atoms. The van der Waals surface area contributed by atoms with Crippen molar-refractivity contribution in [1.29, 1.82) is 0 Å². The Morgan fingerprint density at radius 2 is 2.10 bits per heavy atom. The van der Waals surface area contributed by atoms with Gasteiger partial charge in [-0.2, -0.15) is 11.8 Å². The predicted molar refractivity (Wildman–Crippen MR) is 88.6 cm³/mol. The molecule has 0 unspecified atom stereocenters. The van der Waals surface area contributed by atoms with Crippen LogP contribution in [0.2, 0.25) is 0 Å². The summed E-state index contributed by atoms with van der Waals surface area (Å²) in [6, 6.07) is 8.24. The average molecular weight is 291 g/mol. The number of hydrogen-bond acceptors (Lipinski definition) is 3. The number of ether oxygens (including phenoxy) is 1. The van der Waals surface area contributed by atoms with Crippen LogP contribution in [0.1, 0.15) is 31.2 Å². The molecule has 1 N–H and O–H groups in total. The van der Waals surface area contributed by atoms with Gasteiger partial charge in [0.05, 0.1) is 0 Å². The SMILES string of the molecule is C=CCOc1ccccc1CNCC1(SC)CCCC1. The van der Waals surface area contributed by atoms with Crippen LogP contribution < -0.4 is 10.1 Å². The predicted octanol–water partition coefficient (Wildman–Crippen LogP) is 4.02. The van der Waals surface area contributed by atoms with Gasteiger partial charge in [0.2, 0.25) is 0 Å². The molecule has 1 fully saturated rings. The third kappa shape index (κ3) is 4.03. The lowest BCUT2D eigenvalue weighted by Gasteiger charge is -2.27. The van der Waals surface area contributed by atoms with Gasteiger partial charge in [-0.05, 0) is 25.2 Å². The molecule has 0 radical (unpaired) electrons. The average Bonchev–Trinajstić information content (AvgIpc) is 2.96. The Morgan fingerprint density at radius 1 is 1.35 bits per heavy atom. The van der Waals surface area contributed by atoms with Gasteiger partial charge >= 0.3 is 0 Å². The van der Waals surface area contributed by atoms with Crippen molar-refractivity contribution < 1.29 is 4.74 Å². The maximum absolute atomic E-state index is 5.70. The molecular weight excluding hydrogens is 266 g/mol. The van der Waals surface area contributed by atoms with Crippen molar-refractivity contribution in [2.75, 3.05) is 19.4 Å². The first-order valence-electron chi connectivity index (χ1n) is 7.37. The van der Waals surface area contributed by atoms with E-state index in [1.54, 1.807) is 6.08 Å². The van der Waals surface area contributed by atoms with Crippen molar-refractivity contribution in [1.82, 2.24) is 5.32 Å². The smallest absolute Gasteiger partial charge is 0.124 e. The fourth-order valence-corrected chi connectivity index (χ4v) is 3.78. The van der Waals surface area contributed by atoms with E-state index in [-0.39, 0.29) is 0 Å². The molecule has 1 aromatic carbocycles. The molecule has 0 atom stereocenters. The summed E-state index contributed by atoms with van der Waals surface area (Å²) in [5, 5.41) is 3.63. The number of thioether (sulfide) groups is 1. The zero-order valence-electron chi connectivity index (χ0n) is 12.4. The summed E-state index contributed by atoms with van der Waals surface area (Å²) in [5.41, 5.74) is 1.23. The Morgan fingerprint density at radius 3 is 2.80 bits per heavy atom. The fraction of sp³-hybridized carbons (Fsp3) is 0.529. The topological polar surface area (TPSA) is 21.3 Å². The lowest BCUT2D eigenvalue weighted by molar-refractivity contribution is 0.357. The van der Waals surface area contributed by atoms with Crippen molar-refractivity contribution in [3.8, 4) is 5.75 Å². The van der Waals surface area contributed by atoms with Gasteiger partial charge in [-0.3, -0.25) is 0 Å². The van der Waals surface area contributed by atoms with Crippen molar-refractivity contribution in [3.63, 3.8) is 0 Å². The lowest BCUT2D eigenvalue weighted by Crippen LogP contribution is -2.34. The van der Waals surface area contributed by atoms with Crippen molar-refractivity contribution in [2.24, 2.45) is 0 Å². The van der Waals surface area contributed by atoms with E-state index in [1.165, 1.54) is 31.2 Å². The highest BCUT2D eigenvalue weighted by atomic mass is 32.2. The van der Waals surface area contributed by atoms with Gasteiger partial charge in [0.1, 0.15) is 12.4 Å². The Labute approximate surface area is 127 Å². The molecule has 1 aromatic rings. The van der Waals surface area contributed by atoms with E-state index in [4.69, 9.17) is 4.74 Å². The minimum Gasteiger partial charge on any atom is -0.489 e. The Kier molecular flexibility index (Phi) is 5.99. The van der Waals surface area contributed by atoms with Crippen molar-refractivity contribution in [3.05, 3.63) is 42.5 Å². The number of hydrogen-bond donors (Lipinski definition) is 1. The molecule has 0 aliphatic heterocycles. The van der Waals surface area contributed by atoms with Crippen LogP contribution in [-0.2, 0) is 6.54 Å². The van der Waals surface area contributed by atoms with Crippen LogP contribution in [0.5, 0.6) is 5.75 Å². The van der Waals surface area contributed by atoms with Crippen LogP contribution in [0.25, 0.3) is 0 Å². The van der Waals surface area contributed by atoms with E-state index in [0.29, 0.717) is 11.4 Å². The highest BCUT2D eigenvalue weighted by Gasteiger charge is 2.32. The molecule has 20 heavy (non-hydrogen) atoms. The van der Waals surface area contributed by atoms with Gasteiger partial charge in [0.15, 0.2) is 0 Å². The molecule has 3 heteroatoms. The summed E-state index contributed by atoms with van der Waals surface area (Å²) in [6.45, 7) is 6.22. The molecule has 0 heterocycles. The molecule has 0 saturated heterocycles. The van der Waals surface area contributed by atoms with Gasteiger partial charge in [0.25, 0.3) is 0 Å². The number of benzene rings is 1. The summed E-state index contributed by atoms with van der Waals surface area (Å²) in [4.78, 5) is 0. The second-order valence-corrected chi connectivity index (χ2v) is 6.68. The zero-order valence-corrected chi connectivity index (χ0v) is 13.2. The molecule has 0 aromatic heterocycles. The summed E-state index contributed by atoms with van der Waals surface area (Å²) < 4.78 is 6.15. The van der Waals surface area contributed by atoms with Crippen LogP contribution in [0, 0.1) is 0 Å². The minimum atomic E-state index is 0.455. The molecule has 0 bridgehead atoms. The van der Waals surface area contributed by atoms with Gasteiger partial charge in [-0.25, -0.2) is 0 Å². The number of nitrogens with one attached hydrogen (secondary N) is 1. The van der Waals surface area contributed by atoms with E-state index < -0.39 is 0 Å². The minimum absolute atomic E-state index is 0.455. The fourth-order valence-electron chi connectivity index (χ4n) is 2.84. The molecule has 110 valence electrons. The molecule has 1 aliphatic rings. The van der Waals surface area contributed by atoms with Gasteiger partial charge in [-0.15, -0.1) is 0 Å². The van der Waals surface area contributed by atoms with Crippen molar-refractivity contribution in [2.45, 2.75) is 37.0 Å². The highest BCUT2D eigenvalue weighted by molar-refractivity contribution is 8.00. The summed E-state index contributed by atoms with van der Waals surface area (Å²) in [6.07, 6.45) is 9.47. The normalized spacial score (nSPS) is 17.1. The third-order valence-electron chi connectivity index (χ3n) is 4.04. The molecule has 0 amide bonds. The van der Waals surface area contributed by atoms with Gasteiger partial charge < -0.3 is 10.1 Å². The summed E-state index contributed by atoms with van der Waals surface area (Å²) in [5.74, 6) is 0.963. The van der Waals surface area contributed by atoms with Crippen LogP contribution in [0.15, 0.2) is 36.9 Å². The quantitative estimate of drug-likeness (QED) is 0.731. The second-order valence-electron chi connectivity index (χ2n) is 5.41. The maximum Gasteiger partial charge on any atom is 0.124 e. The molecule has 2 rings (SSSR count). The molecule has 1 aliphatic carbocycles. The van der Waals surface area contributed by atoms with E-state index in [2.05, 4.69) is 30.3 Å². The summed E-state index contributed by atoms with van der Waals surface area (Å²) >= 11 is 2.03. The standard InChI is InChI=1S/C17H25NOS/c1-3-12-19-16-9-5-4-8-15(16)13-18-14-17(20-2)10-6-7-11-17/h3-5,8-9,18H,1,6-7,10-14H2,2H3. The van der Waals surface area contributed by atoms with Crippen LogP contribution in [0.3, 0.4) is 0 Å². The third-order valence-corrected chi connectivity index (χ3v) is 5.46. The van der Waals surface area contributed by atoms with Gasteiger partial charge in [-0.1, -0.05) is 43.7 Å². The first-order valence-corrected chi connectivity index (χ1v) is 8.60. The Balaban J connectivity index is 1.88. The Bertz CT molecular complexity index is 427. The molecular formula is C17H25NOS. The highest BCUT2D eigenvalue weighted by Crippen LogP contribution is 2.39. The number of para-hydroxylation sites is 1. The van der Waals surface area contributed by atoms with E-state index >= 15 is 0 Å². The van der Waals surface area contributed by atoms with Gasteiger partial charge in [0, 0.05) is 23.4 Å². The number of rotatable bonds is 8. The summed E-state index contributed by atoms with van der Waals surface area (Å²) in [7, 11) is 0. The van der Waals surface area contributed by atoms with E-state index in [1.807, 2.05) is 23.9 Å². The zero-order chi connectivity index (χ0) is 14.3. The van der Waals surface area contributed by atoms with E-state index in [0.717, 1.165) is 18.8 Å². The van der Waals surface area contributed by atoms with Crippen LogP contribution >= 0.6 is 11.8 Å². The monoisotopic (exact) mass is 291 g/mol. The maximum atomic E-state index is 5.70. The Hall–Kier alpha value is -0.930. The van der Waals surface area contributed by atoms with Crippen LogP contribution in [-0.4, -0.2) is 24.2 Å². The largest absolute Gasteiger partial charge is 0.489 e. The first-order chi connectivity index (χ1) is 9.79. The van der Waals surface area contributed by atoms with Crippen molar-refractivity contribution >= 4 is 11.8 Å².